The lowest BCUT2D eigenvalue weighted by atomic mass is 9.63. The van der Waals surface area contributed by atoms with E-state index in [0.717, 1.165) is 11.6 Å². The predicted octanol–water partition coefficient (Wildman–Crippen LogP) is 3.64. The van der Waals surface area contributed by atoms with Crippen LogP contribution in [0.5, 0.6) is 5.75 Å². The summed E-state index contributed by atoms with van der Waals surface area (Å²) >= 11 is 5.64. The monoisotopic (exact) mass is 499 g/mol. The largest absolute Gasteiger partial charge is 0.484 e. The van der Waals surface area contributed by atoms with Crippen molar-refractivity contribution < 1.29 is 28.2 Å². The highest BCUT2D eigenvalue weighted by Gasteiger charge is 2.50. The molecule has 3 aliphatic carbocycles. The third kappa shape index (κ3) is 4.69. The highest BCUT2D eigenvalue weighted by atomic mass is 35.5. The van der Waals surface area contributed by atoms with Gasteiger partial charge in [-0.25, -0.2) is 13.8 Å². The first kappa shape index (κ1) is 23.2. The fourth-order valence-electron chi connectivity index (χ4n) is 4.58. The fraction of sp³-hybridized carbons (Fsp3) is 0.240. The molecule has 0 aliphatic heterocycles. The zero-order chi connectivity index (χ0) is 24.7. The maximum Gasteiger partial charge on any atom is 0.274 e. The van der Waals surface area contributed by atoms with Gasteiger partial charge in [-0.2, -0.15) is 0 Å². The first-order valence-corrected chi connectivity index (χ1v) is 11.3. The summed E-state index contributed by atoms with van der Waals surface area (Å²) in [4.78, 5) is 29.4. The van der Waals surface area contributed by atoms with Crippen molar-refractivity contribution in [3.63, 3.8) is 0 Å². The molecule has 180 valence electrons. The molecular weight excluding hydrogens is 480 g/mol. The minimum atomic E-state index is -0.974. The number of fused-ring (bicyclic) bond motifs is 3. The van der Waals surface area contributed by atoms with Crippen molar-refractivity contribution in [2.45, 2.75) is 30.9 Å². The van der Waals surface area contributed by atoms with Gasteiger partial charge < -0.3 is 20.5 Å². The molecule has 7 nitrogen and oxygen atoms in total. The summed E-state index contributed by atoms with van der Waals surface area (Å²) in [7, 11) is 0. The van der Waals surface area contributed by atoms with Crippen LogP contribution in [0.15, 0.2) is 59.8 Å². The third-order valence-electron chi connectivity index (χ3n) is 6.20. The maximum absolute atomic E-state index is 13.5. The summed E-state index contributed by atoms with van der Waals surface area (Å²) in [6.07, 6.45) is 0.201. The van der Waals surface area contributed by atoms with E-state index in [1.165, 1.54) is 36.4 Å². The van der Waals surface area contributed by atoms with Crippen LogP contribution in [0, 0.1) is 11.6 Å². The van der Waals surface area contributed by atoms with Gasteiger partial charge in [0.15, 0.2) is 6.61 Å². The van der Waals surface area contributed by atoms with E-state index in [4.69, 9.17) is 16.3 Å². The smallest absolute Gasteiger partial charge is 0.274 e. The van der Waals surface area contributed by atoms with E-state index in [9.17, 15) is 23.5 Å². The van der Waals surface area contributed by atoms with Gasteiger partial charge in [0.1, 0.15) is 23.1 Å². The summed E-state index contributed by atoms with van der Waals surface area (Å²) in [5, 5.41) is 16.8. The Bertz CT molecular complexity index is 1390. The Morgan fingerprint density at radius 1 is 1.14 bits per heavy atom. The summed E-state index contributed by atoms with van der Waals surface area (Å²) in [5.41, 5.74) is 1.25. The highest BCUT2D eigenvalue weighted by Crippen LogP contribution is 2.47. The molecule has 1 aromatic heterocycles. The van der Waals surface area contributed by atoms with E-state index in [2.05, 4.69) is 15.6 Å². The molecule has 1 atom stereocenters. The molecule has 0 saturated heterocycles. The summed E-state index contributed by atoms with van der Waals surface area (Å²) in [5.74, 6) is -1.75. The Hall–Kier alpha value is -3.56. The molecule has 3 aromatic rings. The average molecular weight is 500 g/mol. The molecule has 1 heterocycles. The average Bonchev–Trinajstić information content (AvgIpc) is 2.80. The Morgan fingerprint density at radius 3 is 2.69 bits per heavy atom. The van der Waals surface area contributed by atoms with Crippen LogP contribution in [0.25, 0.3) is 10.9 Å². The van der Waals surface area contributed by atoms with Gasteiger partial charge in [-0.3, -0.25) is 9.59 Å². The lowest BCUT2D eigenvalue weighted by Crippen LogP contribution is -2.61. The standard InChI is InChI=1S/C25H20ClF2N3O4/c26-17-4-3-16(8-18(17)28)35-12-22(33)31-25-9-14(10-25)23(21(32)11-25)30-24(34)20-5-1-13-7-15(27)2-6-19(13)29-20/h1-8,21,32H,9-12H2,(H,30,34)(H,31,33)/t21-/m0/s1. The summed E-state index contributed by atoms with van der Waals surface area (Å²) < 4.78 is 32.2. The van der Waals surface area contributed by atoms with Gasteiger partial charge in [0.25, 0.3) is 11.8 Å². The second-order valence-electron chi connectivity index (χ2n) is 8.77. The van der Waals surface area contributed by atoms with Crippen LogP contribution in [0.4, 0.5) is 8.78 Å². The van der Waals surface area contributed by atoms with Crippen molar-refractivity contribution in [3.8, 4) is 5.75 Å². The Morgan fingerprint density at radius 2 is 1.94 bits per heavy atom. The van der Waals surface area contributed by atoms with Crippen LogP contribution in [0.3, 0.4) is 0 Å². The van der Waals surface area contributed by atoms with Gasteiger partial charge >= 0.3 is 0 Å². The number of aliphatic hydroxyl groups excluding tert-OH is 1. The molecule has 1 saturated carbocycles. The van der Waals surface area contributed by atoms with Crippen LogP contribution in [-0.4, -0.2) is 40.2 Å². The number of nitrogens with one attached hydrogen (secondary N) is 2. The number of nitrogens with zero attached hydrogens (tertiary/aromatic N) is 1. The number of carbonyl (C=O) groups is 2. The number of aliphatic hydroxyl groups is 1. The van der Waals surface area contributed by atoms with Crippen LogP contribution in [0.1, 0.15) is 29.8 Å². The molecule has 0 radical (unpaired) electrons. The van der Waals surface area contributed by atoms with E-state index < -0.39 is 29.3 Å². The number of carbonyl (C=O) groups excluding carboxylic acids is 2. The zero-order valence-electron chi connectivity index (χ0n) is 18.3. The lowest BCUT2D eigenvalue weighted by molar-refractivity contribution is -0.126. The Balaban J connectivity index is 1.20. The van der Waals surface area contributed by atoms with E-state index in [1.807, 2.05) is 0 Å². The molecule has 0 unspecified atom stereocenters. The summed E-state index contributed by atoms with van der Waals surface area (Å²) in [6, 6.07) is 11.1. The van der Waals surface area contributed by atoms with Gasteiger partial charge in [0.2, 0.25) is 0 Å². The SMILES string of the molecule is O=C(COc1ccc(Cl)c(F)c1)NC12CC(=C(NC(=O)c3ccc4cc(F)ccc4n3)[C@@H](O)C1)C2. The van der Waals surface area contributed by atoms with Crippen LogP contribution in [0.2, 0.25) is 5.02 Å². The number of aromatic nitrogens is 1. The van der Waals surface area contributed by atoms with E-state index in [-0.39, 0.29) is 35.3 Å². The topological polar surface area (TPSA) is 101 Å². The predicted molar refractivity (Wildman–Crippen MR) is 124 cm³/mol. The van der Waals surface area contributed by atoms with Gasteiger partial charge in [-0.15, -0.1) is 0 Å². The van der Waals surface area contributed by atoms with Gasteiger partial charge in [-0.05, 0) is 54.8 Å². The number of halogens is 3. The first-order chi connectivity index (χ1) is 16.7. The van der Waals surface area contributed by atoms with Crippen molar-refractivity contribution in [1.82, 2.24) is 15.6 Å². The second kappa shape index (κ2) is 8.90. The molecule has 35 heavy (non-hydrogen) atoms. The van der Waals surface area contributed by atoms with Crippen LogP contribution < -0.4 is 15.4 Å². The number of benzene rings is 2. The van der Waals surface area contributed by atoms with Crippen molar-refractivity contribution >= 4 is 34.3 Å². The molecule has 2 bridgehead atoms. The molecule has 6 rings (SSSR count). The minimum absolute atomic E-state index is 0.0413. The normalized spacial score (nSPS) is 20.9. The molecule has 3 N–H and O–H groups in total. The molecule has 10 heteroatoms. The van der Waals surface area contributed by atoms with Crippen molar-refractivity contribution in [2.75, 3.05) is 6.61 Å². The number of pyridine rings is 1. The summed E-state index contributed by atoms with van der Waals surface area (Å²) in [6.45, 7) is -0.320. The van der Waals surface area contributed by atoms with Gasteiger partial charge in [0.05, 0.1) is 22.2 Å². The third-order valence-corrected chi connectivity index (χ3v) is 6.51. The second-order valence-corrected chi connectivity index (χ2v) is 9.18. The number of hydrogen-bond acceptors (Lipinski definition) is 5. The number of amides is 2. The molecular formula is C25H20ClF2N3O4. The lowest BCUT2D eigenvalue weighted by Gasteiger charge is -2.51. The molecule has 3 aliphatic rings. The van der Waals surface area contributed by atoms with Crippen molar-refractivity contribution in [1.29, 1.82) is 0 Å². The van der Waals surface area contributed by atoms with E-state index in [1.54, 1.807) is 6.07 Å². The highest BCUT2D eigenvalue weighted by molar-refractivity contribution is 6.30. The van der Waals surface area contributed by atoms with E-state index >= 15 is 0 Å². The quantitative estimate of drug-likeness (QED) is 0.481. The molecule has 2 amide bonds. The van der Waals surface area contributed by atoms with E-state index in [0.29, 0.717) is 29.4 Å². The van der Waals surface area contributed by atoms with Crippen LogP contribution in [-0.2, 0) is 4.79 Å². The van der Waals surface area contributed by atoms with Gasteiger partial charge in [0, 0.05) is 23.6 Å². The Kier molecular flexibility index (Phi) is 5.90. The maximum atomic E-state index is 13.5. The van der Waals surface area contributed by atoms with Crippen molar-refractivity contribution in [3.05, 3.63) is 82.2 Å². The Labute approximate surface area is 203 Å². The van der Waals surface area contributed by atoms with Crippen molar-refractivity contribution in [2.24, 2.45) is 0 Å². The zero-order valence-corrected chi connectivity index (χ0v) is 19.0. The van der Waals surface area contributed by atoms with Crippen LogP contribution >= 0.6 is 11.6 Å². The number of hydrogen-bond donors (Lipinski definition) is 3. The number of ether oxygens (including phenoxy) is 1. The molecule has 1 fully saturated rings. The minimum Gasteiger partial charge on any atom is -0.484 e. The first-order valence-electron chi connectivity index (χ1n) is 10.9. The van der Waals surface area contributed by atoms with Gasteiger partial charge in [-0.1, -0.05) is 17.7 Å². The molecule has 0 spiro atoms. The molecule has 2 aromatic carbocycles. The number of rotatable bonds is 6. The fourth-order valence-corrected chi connectivity index (χ4v) is 4.69.